The van der Waals surface area contributed by atoms with E-state index in [1.54, 1.807) is 18.3 Å². The van der Waals surface area contributed by atoms with Crippen molar-refractivity contribution in [3.8, 4) is 0 Å². The maximum absolute atomic E-state index is 10.9. The molecule has 0 aliphatic heterocycles. The molecule has 0 aliphatic carbocycles. The fourth-order valence-corrected chi connectivity index (χ4v) is 1.27. The Kier molecular flexibility index (Phi) is 1.59. The monoisotopic (exact) mass is 180 g/mol. The first-order valence-electron chi connectivity index (χ1n) is 3.41. The van der Waals surface area contributed by atoms with Crippen LogP contribution in [-0.2, 0) is 0 Å². The van der Waals surface area contributed by atoms with E-state index < -0.39 is 0 Å². The van der Waals surface area contributed by atoms with E-state index in [9.17, 15) is 4.79 Å². The van der Waals surface area contributed by atoms with Crippen molar-refractivity contribution in [2.45, 2.75) is 0 Å². The highest BCUT2D eigenvalue weighted by Gasteiger charge is 1.98. The minimum absolute atomic E-state index is 0.134. The van der Waals surface area contributed by atoms with Crippen LogP contribution in [0.2, 0.25) is 5.15 Å². The Morgan fingerprint density at radius 3 is 3.00 bits per heavy atom. The Morgan fingerprint density at radius 2 is 2.17 bits per heavy atom. The molecule has 0 atom stereocenters. The van der Waals surface area contributed by atoms with Crippen molar-refractivity contribution in [1.29, 1.82) is 0 Å². The van der Waals surface area contributed by atoms with Crippen LogP contribution < -0.4 is 5.56 Å². The first kappa shape index (κ1) is 7.31. The number of halogens is 1. The fraction of sp³-hybridized carbons (Fsp3) is 0. The minimum atomic E-state index is -0.134. The Morgan fingerprint density at radius 1 is 1.33 bits per heavy atom. The average molecular weight is 181 g/mol. The van der Waals surface area contributed by atoms with E-state index in [2.05, 4.69) is 9.97 Å². The van der Waals surface area contributed by atoms with Crippen molar-refractivity contribution < 1.29 is 0 Å². The van der Waals surface area contributed by atoms with Gasteiger partial charge in [-0.1, -0.05) is 11.6 Å². The molecule has 0 bridgehead atoms. The third-order valence-electron chi connectivity index (χ3n) is 1.60. The van der Waals surface area contributed by atoms with E-state index in [4.69, 9.17) is 11.6 Å². The van der Waals surface area contributed by atoms with E-state index in [1.807, 2.05) is 0 Å². The van der Waals surface area contributed by atoms with Crippen molar-refractivity contribution in [2.24, 2.45) is 0 Å². The average Bonchev–Trinajstić information content (AvgIpc) is 2.04. The largest absolute Gasteiger partial charge is 0.322 e. The van der Waals surface area contributed by atoms with E-state index >= 15 is 0 Å². The van der Waals surface area contributed by atoms with Gasteiger partial charge in [0.15, 0.2) is 0 Å². The van der Waals surface area contributed by atoms with Gasteiger partial charge in [-0.3, -0.25) is 4.79 Å². The third kappa shape index (κ3) is 1.08. The first-order valence-corrected chi connectivity index (χ1v) is 3.79. The number of nitrogens with zero attached hydrogens (tertiary/aromatic N) is 1. The van der Waals surface area contributed by atoms with Gasteiger partial charge in [-0.05, 0) is 12.1 Å². The molecule has 12 heavy (non-hydrogen) atoms. The number of nitrogens with one attached hydrogen (secondary N) is 1. The van der Waals surface area contributed by atoms with Crippen molar-refractivity contribution >= 4 is 22.5 Å². The highest BCUT2D eigenvalue weighted by Crippen LogP contribution is 2.16. The molecule has 2 aromatic heterocycles. The van der Waals surface area contributed by atoms with Gasteiger partial charge in [-0.15, -0.1) is 0 Å². The van der Waals surface area contributed by atoms with Crippen LogP contribution in [0.4, 0.5) is 0 Å². The zero-order valence-electron chi connectivity index (χ0n) is 6.04. The molecule has 0 amide bonds. The third-order valence-corrected chi connectivity index (χ3v) is 1.90. The van der Waals surface area contributed by atoms with Crippen LogP contribution in [0.5, 0.6) is 0 Å². The fourth-order valence-electron chi connectivity index (χ4n) is 1.05. The number of rotatable bonds is 0. The molecule has 0 aromatic carbocycles. The zero-order chi connectivity index (χ0) is 8.55. The lowest BCUT2D eigenvalue weighted by Crippen LogP contribution is -2.02. The van der Waals surface area contributed by atoms with E-state index in [-0.39, 0.29) is 5.56 Å². The second-order valence-electron chi connectivity index (χ2n) is 2.39. The van der Waals surface area contributed by atoms with Gasteiger partial charge in [-0.2, -0.15) is 0 Å². The normalized spacial score (nSPS) is 10.4. The van der Waals surface area contributed by atoms with Crippen molar-refractivity contribution in [1.82, 2.24) is 9.97 Å². The second kappa shape index (κ2) is 2.60. The van der Waals surface area contributed by atoms with E-state index in [0.717, 1.165) is 5.39 Å². The summed E-state index contributed by atoms with van der Waals surface area (Å²) in [5.74, 6) is 0. The molecule has 1 N–H and O–H groups in total. The highest BCUT2D eigenvalue weighted by atomic mass is 35.5. The zero-order valence-corrected chi connectivity index (χ0v) is 6.80. The number of pyridine rings is 2. The summed E-state index contributed by atoms with van der Waals surface area (Å²) in [6.07, 6.45) is 1.56. The van der Waals surface area contributed by atoms with Crippen LogP contribution in [0.15, 0.2) is 29.2 Å². The molecule has 0 saturated carbocycles. The first-order chi connectivity index (χ1) is 5.77. The minimum Gasteiger partial charge on any atom is -0.322 e. The molecular formula is C8H5ClN2O. The SMILES string of the molecule is O=c1ccc2c(Cl)nccc2[nH]1. The molecule has 2 rings (SSSR count). The number of aromatic amines is 1. The standard InChI is InChI=1S/C8H5ClN2O/c9-8-5-1-2-7(12)11-6(5)3-4-10-8/h1-4H,(H,11,12). The Balaban J connectivity index is 2.96. The van der Waals surface area contributed by atoms with Gasteiger partial charge < -0.3 is 4.98 Å². The molecule has 4 heteroatoms. The summed E-state index contributed by atoms with van der Waals surface area (Å²) in [6, 6.07) is 4.79. The summed E-state index contributed by atoms with van der Waals surface area (Å²) in [7, 11) is 0. The van der Waals surface area contributed by atoms with Crippen LogP contribution in [-0.4, -0.2) is 9.97 Å². The topological polar surface area (TPSA) is 45.8 Å². The van der Waals surface area contributed by atoms with Crippen LogP contribution in [0, 0.1) is 0 Å². The Labute approximate surface area is 73.0 Å². The highest BCUT2D eigenvalue weighted by molar-refractivity contribution is 6.34. The molecule has 60 valence electrons. The van der Waals surface area contributed by atoms with Crippen LogP contribution in [0.3, 0.4) is 0 Å². The van der Waals surface area contributed by atoms with Gasteiger partial charge >= 0.3 is 0 Å². The summed E-state index contributed by atoms with van der Waals surface area (Å²) in [6.45, 7) is 0. The van der Waals surface area contributed by atoms with Gasteiger partial charge in [0.05, 0.1) is 5.52 Å². The smallest absolute Gasteiger partial charge is 0.248 e. The summed E-state index contributed by atoms with van der Waals surface area (Å²) in [5, 5.41) is 1.17. The maximum atomic E-state index is 10.9. The second-order valence-corrected chi connectivity index (χ2v) is 2.74. The van der Waals surface area contributed by atoms with Crippen LogP contribution in [0.25, 0.3) is 10.9 Å². The lowest BCUT2D eigenvalue weighted by molar-refractivity contribution is 1.28. The number of hydrogen-bond donors (Lipinski definition) is 1. The molecule has 3 nitrogen and oxygen atoms in total. The lowest BCUT2D eigenvalue weighted by Gasteiger charge is -1.96. The van der Waals surface area contributed by atoms with Gasteiger partial charge in [0.25, 0.3) is 0 Å². The van der Waals surface area contributed by atoms with Crippen LogP contribution in [0.1, 0.15) is 0 Å². The molecule has 0 fully saturated rings. The predicted molar refractivity (Wildman–Crippen MR) is 47.4 cm³/mol. The number of fused-ring (bicyclic) bond motifs is 1. The molecule has 0 saturated heterocycles. The Bertz CT molecular complexity index is 478. The number of aromatic nitrogens is 2. The molecule has 0 radical (unpaired) electrons. The van der Waals surface area contributed by atoms with E-state index in [0.29, 0.717) is 10.7 Å². The van der Waals surface area contributed by atoms with E-state index in [1.165, 1.54) is 6.07 Å². The summed E-state index contributed by atoms with van der Waals surface area (Å²) < 4.78 is 0. The van der Waals surface area contributed by atoms with Crippen molar-refractivity contribution in [3.05, 3.63) is 39.9 Å². The summed E-state index contributed by atoms with van der Waals surface area (Å²) in [5.41, 5.74) is 0.576. The van der Waals surface area contributed by atoms with Gasteiger partial charge in [0, 0.05) is 17.6 Å². The maximum Gasteiger partial charge on any atom is 0.248 e. The van der Waals surface area contributed by atoms with Crippen LogP contribution >= 0.6 is 11.6 Å². The van der Waals surface area contributed by atoms with Crippen molar-refractivity contribution in [3.63, 3.8) is 0 Å². The molecule has 2 aromatic rings. The Hall–Kier alpha value is -1.35. The quantitative estimate of drug-likeness (QED) is 0.626. The summed E-state index contributed by atoms with van der Waals surface area (Å²) >= 11 is 5.78. The predicted octanol–water partition coefficient (Wildman–Crippen LogP) is 1.58. The number of hydrogen-bond acceptors (Lipinski definition) is 2. The summed E-state index contributed by atoms with van der Waals surface area (Å²) in [4.78, 5) is 17.4. The number of H-pyrrole nitrogens is 1. The lowest BCUT2D eigenvalue weighted by atomic mass is 10.3. The van der Waals surface area contributed by atoms with Gasteiger partial charge in [0.1, 0.15) is 5.15 Å². The van der Waals surface area contributed by atoms with Gasteiger partial charge in [0.2, 0.25) is 5.56 Å². The molecule has 2 heterocycles. The molecule has 0 aliphatic rings. The van der Waals surface area contributed by atoms with Crippen molar-refractivity contribution in [2.75, 3.05) is 0 Å². The molecule has 0 unspecified atom stereocenters. The van der Waals surface area contributed by atoms with Gasteiger partial charge in [-0.25, -0.2) is 4.98 Å². The molecule has 0 spiro atoms. The molecular weight excluding hydrogens is 176 g/mol.